The van der Waals surface area contributed by atoms with Crippen LogP contribution in [-0.4, -0.2) is 4.57 Å². The van der Waals surface area contributed by atoms with Crippen LogP contribution in [0.3, 0.4) is 0 Å². The predicted molar refractivity (Wildman–Crippen MR) is 80.2 cm³/mol. The average Bonchev–Trinajstić information content (AvgIpc) is 2.42. The zero-order chi connectivity index (χ0) is 14.7. The van der Waals surface area contributed by atoms with Gasteiger partial charge in [-0.1, -0.05) is 26.0 Å². The molecular formula is C17H18N2O. The van der Waals surface area contributed by atoms with E-state index in [-0.39, 0.29) is 11.8 Å². The Hall–Kier alpha value is -2.34. The lowest BCUT2D eigenvalue weighted by Gasteiger charge is -2.13. The standard InChI is InChI=1S/C17H18N2O/c1-12(2)14-4-6-16(7-5-14)19-11-15(8-9-18)17(20)10-13(19)3/h4-7,10-12H,8H2,1-3H3. The Kier molecular flexibility index (Phi) is 4.05. The van der Waals surface area contributed by atoms with Gasteiger partial charge in [-0.05, 0) is 30.5 Å². The van der Waals surface area contributed by atoms with Gasteiger partial charge in [0.25, 0.3) is 0 Å². The van der Waals surface area contributed by atoms with Gasteiger partial charge in [0, 0.05) is 29.2 Å². The van der Waals surface area contributed by atoms with E-state index >= 15 is 0 Å². The molecule has 0 amide bonds. The average molecular weight is 266 g/mol. The van der Waals surface area contributed by atoms with E-state index in [9.17, 15) is 4.79 Å². The van der Waals surface area contributed by atoms with Crippen molar-refractivity contribution < 1.29 is 0 Å². The molecule has 0 radical (unpaired) electrons. The van der Waals surface area contributed by atoms with E-state index in [1.54, 1.807) is 12.3 Å². The van der Waals surface area contributed by atoms with Gasteiger partial charge in [-0.25, -0.2) is 0 Å². The molecular weight excluding hydrogens is 248 g/mol. The molecule has 0 atom stereocenters. The summed E-state index contributed by atoms with van der Waals surface area (Å²) in [7, 11) is 0. The number of hydrogen-bond acceptors (Lipinski definition) is 2. The summed E-state index contributed by atoms with van der Waals surface area (Å²) in [6.45, 7) is 6.21. The molecule has 0 spiro atoms. The van der Waals surface area contributed by atoms with Crippen LogP contribution in [-0.2, 0) is 6.42 Å². The molecule has 2 aromatic rings. The fourth-order valence-corrected chi connectivity index (χ4v) is 2.19. The van der Waals surface area contributed by atoms with Crippen LogP contribution >= 0.6 is 0 Å². The van der Waals surface area contributed by atoms with Gasteiger partial charge in [-0.15, -0.1) is 0 Å². The van der Waals surface area contributed by atoms with Crippen molar-refractivity contribution in [3.63, 3.8) is 0 Å². The predicted octanol–water partition coefficient (Wildman–Crippen LogP) is 3.34. The highest BCUT2D eigenvalue weighted by atomic mass is 16.1. The Bertz CT molecular complexity index is 703. The van der Waals surface area contributed by atoms with Crippen LogP contribution in [0.25, 0.3) is 5.69 Å². The molecule has 1 aromatic heterocycles. The molecule has 3 heteroatoms. The second-order valence-corrected chi connectivity index (χ2v) is 5.26. The third kappa shape index (κ3) is 2.80. The normalized spacial score (nSPS) is 10.6. The number of rotatable bonds is 3. The lowest BCUT2D eigenvalue weighted by Crippen LogP contribution is -2.13. The SMILES string of the molecule is Cc1cc(=O)c(CC#N)cn1-c1ccc(C(C)C)cc1. The maximum atomic E-state index is 11.8. The topological polar surface area (TPSA) is 45.8 Å². The molecule has 1 heterocycles. The van der Waals surface area contributed by atoms with Gasteiger partial charge in [0.1, 0.15) is 0 Å². The smallest absolute Gasteiger partial charge is 0.186 e. The lowest BCUT2D eigenvalue weighted by molar-refractivity contribution is 0.863. The van der Waals surface area contributed by atoms with Crippen molar-refractivity contribution >= 4 is 0 Å². The van der Waals surface area contributed by atoms with Gasteiger partial charge in [-0.3, -0.25) is 4.79 Å². The van der Waals surface area contributed by atoms with Crippen LogP contribution in [0.15, 0.2) is 41.3 Å². The summed E-state index contributed by atoms with van der Waals surface area (Å²) in [5, 5.41) is 8.77. The summed E-state index contributed by atoms with van der Waals surface area (Å²) >= 11 is 0. The molecule has 0 aliphatic heterocycles. The summed E-state index contributed by atoms with van der Waals surface area (Å²) in [6.07, 6.45) is 1.91. The molecule has 1 aromatic carbocycles. The molecule has 0 unspecified atom stereocenters. The molecule has 0 bridgehead atoms. The number of aromatic nitrogens is 1. The van der Waals surface area contributed by atoms with E-state index in [0.717, 1.165) is 11.4 Å². The Morgan fingerprint density at radius 2 is 1.90 bits per heavy atom. The highest BCUT2D eigenvalue weighted by molar-refractivity contribution is 5.38. The lowest BCUT2D eigenvalue weighted by atomic mass is 10.0. The first-order chi connectivity index (χ1) is 9.52. The van der Waals surface area contributed by atoms with Crippen molar-refractivity contribution in [3.8, 4) is 11.8 Å². The van der Waals surface area contributed by atoms with Crippen LogP contribution in [0, 0.1) is 18.3 Å². The number of nitrogens with zero attached hydrogens (tertiary/aromatic N) is 2. The fraction of sp³-hybridized carbons (Fsp3) is 0.294. The second kappa shape index (κ2) is 5.75. The third-order valence-electron chi connectivity index (χ3n) is 3.43. The first-order valence-electron chi connectivity index (χ1n) is 6.72. The fourth-order valence-electron chi connectivity index (χ4n) is 2.19. The van der Waals surface area contributed by atoms with Crippen LogP contribution in [0.1, 0.15) is 36.6 Å². The summed E-state index contributed by atoms with van der Waals surface area (Å²) in [5.74, 6) is 0.494. The summed E-state index contributed by atoms with van der Waals surface area (Å²) in [4.78, 5) is 11.8. The first kappa shape index (κ1) is 14.1. The monoisotopic (exact) mass is 266 g/mol. The summed E-state index contributed by atoms with van der Waals surface area (Å²) in [5.41, 5.74) is 3.62. The molecule has 102 valence electrons. The zero-order valence-corrected chi connectivity index (χ0v) is 12.1. The van der Waals surface area contributed by atoms with E-state index in [1.165, 1.54) is 5.56 Å². The van der Waals surface area contributed by atoms with Crippen LogP contribution < -0.4 is 5.43 Å². The van der Waals surface area contributed by atoms with Crippen LogP contribution in [0.2, 0.25) is 0 Å². The van der Waals surface area contributed by atoms with E-state index in [2.05, 4.69) is 26.0 Å². The van der Waals surface area contributed by atoms with Gasteiger partial charge in [0.2, 0.25) is 0 Å². The van der Waals surface area contributed by atoms with Crippen molar-refractivity contribution in [3.05, 3.63) is 63.6 Å². The Balaban J connectivity index is 2.49. The highest BCUT2D eigenvalue weighted by Crippen LogP contribution is 2.18. The van der Waals surface area contributed by atoms with Gasteiger partial charge in [0.05, 0.1) is 12.5 Å². The highest BCUT2D eigenvalue weighted by Gasteiger charge is 2.06. The maximum absolute atomic E-state index is 11.8. The van der Waals surface area contributed by atoms with Crippen LogP contribution in [0.5, 0.6) is 0 Å². The Morgan fingerprint density at radius 1 is 1.25 bits per heavy atom. The van der Waals surface area contributed by atoms with Gasteiger partial charge in [-0.2, -0.15) is 5.26 Å². The number of hydrogen-bond donors (Lipinski definition) is 0. The van der Waals surface area contributed by atoms with E-state index in [0.29, 0.717) is 11.5 Å². The van der Waals surface area contributed by atoms with Crippen molar-refractivity contribution in [1.29, 1.82) is 5.26 Å². The molecule has 0 N–H and O–H groups in total. The molecule has 0 aliphatic rings. The van der Waals surface area contributed by atoms with E-state index in [1.807, 2.05) is 29.7 Å². The maximum Gasteiger partial charge on any atom is 0.186 e. The third-order valence-corrected chi connectivity index (χ3v) is 3.43. The Morgan fingerprint density at radius 3 is 2.45 bits per heavy atom. The van der Waals surface area contributed by atoms with Crippen molar-refractivity contribution in [2.45, 2.75) is 33.1 Å². The minimum absolute atomic E-state index is 0.0703. The quantitative estimate of drug-likeness (QED) is 0.855. The molecule has 0 saturated heterocycles. The van der Waals surface area contributed by atoms with Gasteiger partial charge >= 0.3 is 0 Å². The molecule has 3 nitrogen and oxygen atoms in total. The van der Waals surface area contributed by atoms with Crippen molar-refractivity contribution in [1.82, 2.24) is 4.57 Å². The molecule has 0 saturated carbocycles. The van der Waals surface area contributed by atoms with Crippen molar-refractivity contribution in [2.24, 2.45) is 0 Å². The van der Waals surface area contributed by atoms with Gasteiger partial charge in [0.15, 0.2) is 5.43 Å². The molecule has 2 rings (SSSR count). The van der Waals surface area contributed by atoms with E-state index < -0.39 is 0 Å². The number of aryl methyl sites for hydroxylation is 1. The van der Waals surface area contributed by atoms with E-state index in [4.69, 9.17) is 5.26 Å². The minimum Gasteiger partial charge on any atom is -0.321 e. The number of nitriles is 1. The van der Waals surface area contributed by atoms with Crippen molar-refractivity contribution in [2.75, 3.05) is 0 Å². The molecule has 20 heavy (non-hydrogen) atoms. The van der Waals surface area contributed by atoms with Crippen LogP contribution in [0.4, 0.5) is 0 Å². The molecule has 0 fully saturated rings. The number of pyridine rings is 1. The number of benzene rings is 1. The largest absolute Gasteiger partial charge is 0.321 e. The first-order valence-corrected chi connectivity index (χ1v) is 6.72. The second-order valence-electron chi connectivity index (χ2n) is 5.26. The molecule has 0 aliphatic carbocycles. The van der Waals surface area contributed by atoms with Gasteiger partial charge < -0.3 is 4.57 Å². The zero-order valence-electron chi connectivity index (χ0n) is 12.1. The summed E-state index contributed by atoms with van der Waals surface area (Å²) in [6, 6.07) is 11.9. The summed E-state index contributed by atoms with van der Waals surface area (Å²) < 4.78 is 1.96. The Labute approximate surface area is 119 Å². The minimum atomic E-state index is -0.0703.